The SMILES string of the molecule is Cc1ccccc1CCNCC1CCC(C(C)(C)C)CC1. The second-order valence-electron chi connectivity index (χ2n) is 7.96. The molecule has 0 radical (unpaired) electrons. The number of nitrogens with one attached hydrogen (secondary N) is 1. The summed E-state index contributed by atoms with van der Waals surface area (Å²) >= 11 is 0. The summed E-state index contributed by atoms with van der Waals surface area (Å²) in [7, 11) is 0. The first-order valence-corrected chi connectivity index (χ1v) is 8.72. The fraction of sp³-hybridized carbons (Fsp3) is 0.700. The number of hydrogen-bond acceptors (Lipinski definition) is 1. The van der Waals surface area contributed by atoms with Crippen molar-refractivity contribution in [3.63, 3.8) is 0 Å². The minimum Gasteiger partial charge on any atom is -0.316 e. The average molecular weight is 287 g/mol. The van der Waals surface area contributed by atoms with Gasteiger partial charge in [0.1, 0.15) is 0 Å². The zero-order chi connectivity index (χ0) is 15.3. The maximum absolute atomic E-state index is 3.68. The average Bonchev–Trinajstić information content (AvgIpc) is 2.45. The molecule has 1 aromatic rings. The number of aryl methyl sites for hydroxylation is 1. The molecule has 1 aliphatic rings. The van der Waals surface area contributed by atoms with Gasteiger partial charge in [-0.1, -0.05) is 45.0 Å². The zero-order valence-electron chi connectivity index (χ0n) is 14.4. The fourth-order valence-electron chi connectivity index (χ4n) is 3.65. The van der Waals surface area contributed by atoms with E-state index in [1.54, 1.807) is 0 Å². The Morgan fingerprint density at radius 1 is 1.05 bits per heavy atom. The summed E-state index contributed by atoms with van der Waals surface area (Å²) in [5.74, 6) is 1.83. The van der Waals surface area contributed by atoms with Gasteiger partial charge in [0.15, 0.2) is 0 Å². The number of benzene rings is 1. The summed E-state index contributed by atoms with van der Waals surface area (Å²) < 4.78 is 0. The zero-order valence-corrected chi connectivity index (χ0v) is 14.4. The molecule has 0 saturated heterocycles. The lowest BCUT2D eigenvalue weighted by Gasteiger charge is -2.37. The minimum atomic E-state index is 0.503. The summed E-state index contributed by atoms with van der Waals surface area (Å²) in [6.07, 6.45) is 6.84. The van der Waals surface area contributed by atoms with Crippen molar-refractivity contribution in [2.24, 2.45) is 17.3 Å². The number of rotatable bonds is 5. The molecule has 1 N–H and O–H groups in total. The van der Waals surface area contributed by atoms with Crippen LogP contribution < -0.4 is 5.32 Å². The van der Waals surface area contributed by atoms with Gasteiger partial charge < -0.3 is 5.32 Å². The van der Waals surface area contributed by atoms with Crippen LogP contribution in [-0.2, 0) is 6.42 Å². The molecule has 1 nitrogen and oxygen atoms in total. The molecule has 0 aliphatic heterocycles. The molecule has 0 aromatic heterocycles. The van der Waals surface area contributed by atoms with E-state index in [1.165, 1.54) is 43.4 Å². The summed E-state index contributed by atoms with van der Waals surface area (Å²) in [5.41, 5.74) is 3.41. The first kappa shape index (κ1) is 16.5. The molecule has 2 rings (SSSR count). The quantitative estimate of drug-likeness (QED) is 0.753. The van der Waals surface area contributed by atoms with Crippen LogP contribution in [0.25, 0.3) is 0 Å². The molecule has 21 heavy (non-hydrogen) atoms. The van der Waals surface area contributed by atoms with Gasteiger partial charge in [0.25, 0.3) is 0 Å². The maximum atomic E-state index is 3.68. The van der Waals surface area contributed by atoms with E-state index < -0.39 is 0 Å². The highest BCUT2D eigenvalue weighted by Crippen LogP contribution is 2.39. The molecule has 0 atom stereocenters. The second-order valence-corrected chi connectivity index (χ2v) is 7.96. The van der Waals surface area contributed by atoms with Gasteiger partial charge in [-0.2, -0.15) is 0 Å². The highest BCUT2D eigenvalue weighted by molar-refractivity contribution is 5.25. The predicted molar refractivity (Wildman–Crippen MR) is 92.7 cm³/mol. The summed E-state index contributed by atoms with van der Waals surface area (Å²) in [6.45, 7) is 11.7. The van der Waals surface area contributed by atoms with E-state index in [-0.39, 0.29) is 0 Å². The summed E-state index contributed by atoms with van der Waals surface area (Å²) in [4.78, 5) is 0. The molecule has 1 heteroatoms. The van der Waals surface area contributed by atoms with Gasteiger partial charge in [-0.05, 0) is 80.5 Å². The van der Waals surface area contributed by atoms with Crippen LogP contribution in [0.2, 0.25) is 0 Å². The monoisotopic (exact) mass is 287 g/mol. The van der Waals surface area contributed by atoms with Crippen LogP contribution in [0.15, 0.2) is 24.3 Å². The van der Waals surface area contributed by atoms with E-state index in [9.17, 15) is 0 Å². The molecule has 0 spiro atoms. The maximum Gasteiger partial charge on any atom is -0.000814 e. The van der Waals surface area contributed by atoms with Crippen molar-refractivity contribution in [1.82, 2.24) is 5.32 Å². The first-order chi connectivity index (χ1) is 9.97. The standard InChI is InChI=1S/C20H33N/c1-16-7-5-6-8-18(16)13-14-21-15-17-9-11-19(12-10-17)20(2,3)4/h5-8,17,19,21H,9-15H2,1-4H3. The predicted octanol–water partition coefficient (Wildman–Crippen LogP) is 4.98. The van der Waals surface area contributed by atoms with Gasteiger partial charge in [0.05, 0.1) is 0 Å². The van der Waals surface area contributed by atoms with Gasteiger partial charge >= 0.3 is 0 Å². The molecule has 1 saturated carbocycles. The van der Waals surface area contributed by atoms with Gasteiger partial charge in [0.2, 0.25) is 0 Å². The summed E-state index contributed by atoms with van der Waals surface area (Å²) in [5, 5.41) is 3.68. The topological polar surface area (TPSA) is 12.0 Å². The Bertz CT molecular complexity index is 422. The largest absolute Gasteiger partial charge is 0.316 e. The van der Waals surface area contributed by atoms with Crippen molar-refractivity contribution in [2.45, 2.75) is 59.8 Å². The molecular weight excluding hydrogens is 254 g/mol. The minimum absolute atomic E-state index is 0.503. The highest BCUT2D eigenvalue weighted by atomic mass is 14.9. The van der Waals surface area contributed by atoms with Crippen molar-refractivity contribution in [2.75, 3.05) is 13.1 Å². The summed E-state index contributed by atoms with van der Waals surface area (Å²) in [6, 6.07) is 8.74. The lowest BCUT2D eigenvalue weighted by atomic mass is 9.70. The molecule has 1 aromatic carbocycles. The third kappa shape index (κ3) is 5.14. The van der Waals surface area contributed by atoms with Crippen molar-refractivity contribution in [3.05, 3.63) is 35.4 Å². The van der Waals surface area contributed by atoms with E-state index in [4.69, 9.17) is 0 Å². The fourth-order valence-corrected chi connectivity index (χ4v) is 3.65. The smallest absolute Gasteiger partial charge is 0.000814 e. The molecule has 0 bridgehead atoms. The van der Waals surface area contributed by atoms with Gasteiger partial charge in [0, 0.05) is 0 Å². The lowest BCUT2D eigenvalue weighted by Crippen LogP contribution is -2.31. The molecule has 1 aliphatic carbocycles. The van der Waals surface area contributed by atoms with Crippen LogP contribution in [-0.4, -0.2) is 13.1 Å². The molecule has 0 unspecified atom stereocenters. The van der Waals surface area contributed by atoms with Crippen molar-refractivity contribution >= 4 is 0 Å². The Balaban J connectivity index is 1.63. The Labute approximate surface area is 131 Å². The second kappa shape index (κ2) is 7.45. The van der Waals surface area contributed by atoms with Crippen molar-refractivity contribution < 1.29 is 0 Å². The van der Waals surface area contributed by atoms with Crippen molar-refractivity contribution in [1.29, 1.82) is 0 Å². The van der Waals surface area contributed by atoms with Gasteiger partial charge in [-0.25, -0.2) is 0 Å². The van der Waals surface area contributed by atoms with Crippen LogP contribution >= 0.6 is 0 Å². The Hall–Kier alpha value is -0.820. The van der Waals surface area contributed by atoms with E-state index >= 15 is 0 Å². The number of hydrogen-bond donors (Lipinski definition) is 1. The normalized spacial score (nSPS) is 23.2. The van der Waals surface area contributed by atoms with Crippen molar-refractivity contribution in [3.8, 4) is 0 Å². The van der Waals surface area contributed by atoms with Gasteiger partial charge in [-0.15, -0.1) is 0 Å². The van der Waals surface area contributed by atoms with Crippen LogP contribution in [0.3, 0.4) is 0 Å². The molecule has 118 valence electrons. The van der Waals surface area contributed by atoms with Gasteiger partial charge in [-0.3, -0.25) is 0 Å². The molecule has 1 fully saturated rings. The third-order valence-corrected chi connectivity index (χ3v) is 5.34. The molecule has 0 heterocycles. The molecule has 0 amide bonds. The first-order valence-electron chi connectivity index (χ1n) is 8.72. The van der Waals surface area contributed by atoms with Crippen LogP contribution in [0.5, 0.6) is 0 Å². The lowest BCUT2D eigenvalue weighted by molar-refractivity contribution is 0.149. The highest BCUT2D eigenvalue weighted by Gasteiger charge is 2.29. The van der Waals surface area contributed by atoms with E-state index in [2.05, 4.69) is 57.3 Å². The Morgan fingerprint density at radius 3 is 2.33 bits per heavy atom. The van der Waals surface area contributed by atoms with Crippen LogP contribution in [0, 0.1) is 24.2 Å². The Kier molecular flexibility index (Phi) is 5.87. The Morgan fingerprint density at radius 2 is 1.71 bits per heavy atom. The van der Waals surface area contributed by atoms with E-state index in [0.717, 1.165) is 24.8 Å². The van der Waals surface area contributed by atoms with E-state index in [0.29, 0.717) is 5.41 Å². The van der Waals surface area contributed by atoms with Crippen LogP contribution in [0.1, 0.15) is 57.6 Å². The van der Waals surface area contributed by atoms with Crippen LogP contribution in [0.4, 0.5) is 0 Å². The third-order valence-electron chi connectivity index (χ3n) is 5.34. The molecular formula is C20H33N. The van der Waals surface area contributed by atoms with E-state index in [1.807, 2.05) is 0 Å².